The zero-order valence-corrected chi connectivity index (χ0v) is 17.5. The SMILES string of the molecule is COc1ccc(-c2ccc3cc(O)ccc3c2Oc2ccc(C=CCC(=O)O)cc2)cc1. The Kier molecular flexibility index (Phi) is 6.08. The van der Waals surface area contributed by atoms with Gasteiger partial charge in [-0.1, -0.05) is 42.5 Å². The fourth-order valence-corrected chi connectivity index (χ4v) is 3.46. The highest BCUT2D eigenvalue weighted by Crippen LogP contribution is 2.41. The van der Waals surface area contributed by atoms with E-state index < -0.39 is 5.97 Å². The standard InChI is InChI=1S/C27H22O5/c1-31-22-13-7-19(8-14-22)24-15-9-20-17-21(28)10-16-25(20)27(24)32-23-11-5-18(6-12-23)3-2-4-26(29)30/h2-3,5-17,28H,4H2,1H3,(H,29,30). The van der Waals surface area contributed by atoms with Crippen LogP contribution in [0.4, 0.5) is 0 Å². The molecule has 0 saturated heterocycles. The molecule has 4 rings (SSSR count). The molecule has 4 aromatic carbocycles. The molecule has 0 radical (unpaired) electrons. The fraction of sp³-hybridized carbons (Fsp3) is 0.0741. The second-order valence-corrected chi connectivity index (χ2v) is 7.25. The van der Waals surface area contributed by atoms with Gasteiger partial charge in [0.1, 0.15) is 23.0 Å². The molecule has 0 fully saturated rings. The number of methoxy groups -OCH3 is 1. The Morgan fingerprint density at radius 3 is 2.31 bits per heavy atom. The summed E-state index contributed by atoms with van der Waals surface area (Å²) in [5.41, 5.74) is 2.78. The number of carbonyl (C=O) groups is 1. The largest absolute Gasteiger partial charge is 0.508 e. The number of benzene rings is 4. The van der Waals surface area contributed by atoms with E-state index in [9.17, 15) is 9.90 Å². The van der Waals surface area contributed by atoms with Crippen molar-refractivity contribution >= 4 is 22.8 Å². The summed E-state index contributed by atoms with van der Waals surface area (Å²) in [6, 6.07) is 24.3. The van der Waals surface area contributed by atoms with E-state index in [4.69, 9.17) is 14.6 Å². The number of rotatable bonds is 7. The lowest BCUT2D eigenvalue weighted by Crippen LogP contribution is -1.91. The third-order valence-corrected chi connectivity index (χ3v) is 5.06. The van der Waals surface area contributed by atoms with Crippen molar-refractivity contribution in [3.63, 3.8) is 0 Å². The van der Waals surface area contributed by atoms with Gasteiger partial charge in [0.25, 0.3) is 0 Å². The maximum Gasteiger partial charge on any atom is 0.307 e. The molecular formula is C27H22O5. The average molecular weight is 426 g/mol. The first-order chi connectivity index (χ1) is 15.5. The molecule has 160 valence electrons. The van der Waals surface area contributed by atoms with Gasteiger partial charge in [0, 0.05) is 10.9 Å². The molecule has 0 aliphatic heterocycles. The molecule has 2 N–H and O–H groups in total. The molecule has 0 aromatic heterocycles. The molecule has 0 atom stereocenters. The minimum Gasteiger partial charge on any atom is -0.508 e. The molecule has 0 unspecified atom stereocenters. The second kappa shape index (κ2) is 9.27. The maximum absolute atomic E-state index is 10.7. The van der Waals surface area contributed by atoms with Gasteiger partial charge in [-0.3, -0.25) is 4.79 Å². The molecule has 0 bridgehead atoms. The Balaban J connectivity index is 1.72. The minimum absolute atomic E-state index is 0.0215. The van der Waals surface area contributed by atoms with Gasteiger partial charge < -0.3 is 19.7 Å². The zero-order valence-electron chi connectivity index (χ0n) is 17.5. The van der Waals surface area contributed by atoms with Gasteiger partial charge in [-0.05, 0) is 65.0 Å². The number of ether oxygens (including phenoxy) is 2. The summed E-state index contributed by atoms with van der Waals surface area (Å²) in [6.45, 7) is 0. The molecule has 32 heavy (non-hydrogen) atoms. The van der Waals surface area contributed by atoms with E-state index >= 15 is 0 Å². The van der Waals surface area contributed by atoms with Gasteiger partial charge in [0.05, 0.1) is 13.5 Å². The summed E-state index contributed by atoms with van der Waals surface area (Å²) in [4.78, 5) is 10.7. The lowest BCUT2D eigenvalue weighted by atomic mass is 9.99. The lowest BCUT2D eigenvalue weighted by molar-refractivity contribution is -0.135. The molecular weight excluding hydrogens is 404 g/mol. The Bertz CT molecular complexity index is 1270. The number of hydrogen-bond donors (Lipinski definition) is 2. The summed E-state index contributed by atoms with van der Waals surface area (Å²) in [5.74, 6) is 1.43. The lowest BCUT2D eigenvalue weighted by Gasteiger charge is -2.15. The van der Waals surface area contributed by atoms with Crippen molar-refractivity contribution in [3.8, 4) is 34.1 Å². The van der Waals surface area contributed by atoms with Crippen LogP contribution in [0.1, 0.15) is 12.0 Å². The van der Waals surface area contributed by atoms with Crippen molar-refractivity contribution in [2.45, 2.75) is 6.42 Å². The van der Waals surface area contributed by atoms with Crippen molar-refractivity contribution in [1.82, 2.24) is 0 Å². The predicted octanol–water partition coefficient (Wildman–Crippen LogP) is 6.50. The number of phenolic OH excluding ortho intramolecular Hbond substituents is 1. The highest BCUT2D eigenvalue weighted by Gasteiger charge is 2.13. The monoisotopic (exact) mass is 426 g/mol. The Morgan fingerprint density at radius 1 is 0.906 bits per heavy atom. The van der Waals surface area contributed by atoms with E-state index in [1.165, 1.54) is 0 Å². The van der Waals surface area contributed by atoms with Crippen LogP contribution in [0.3, 0.4) is 0 Å². The van der Waals surface area contributed by atoms with Crippen LogP contribution in [0, 0.1) is 0 Å². The highest BCUT2D eigenvalue weighted by molar-refractivity contribution is 5.96. The van der Waals surface area contributed by atoms with Crippen LogP contribution < -0.4 is 9.47 Å². The van der Waals surface area contributed by atoms with Gasteiger partial charge in [0.15, 0.2) is 0 Å². The minimum atomic E-state index is -0.866. The molecule has 5 nitrogen and oxygen atoms in total. The van der Waals surface area contributed by atoms with Crippen LogP contribution in [0.25, 0.3) is 28.0 Å². The summed E-state index contributed by atoms with van der Waals surface area (Å²) >= 11 is 0. The molecule has 0 amide bonds. The third-order valence-electron chi connectivity index (χ3n) is 5.06. The van der Waals surface area contributed by atoms with E-state index in [2.05, 4.69) is 0 Å². The zero-order chi connectivity index (χ0) is 22.5. The van der Waals surface area contributed by atoms with Crippen molar-refractivity contribution in [3.05, 3.63) is 90.5 Å². The predicted molar refractivity (Wildman–Crippen MR) is 125 cm³/mol. The summed E-state index contributed by atoms with van der Waals surface area (Å²) in [6.07, 6.45) is 3.35. The summed E-state index contributed by atoms with van der Waals surface area (Å²) in [7, 11) is 1.63. The highest BCUT2D eigenvalue weighted by atomic mass is 16.5. The Morgan fingerprint density at radius 2 is 1.62 bits per heavy atom. The van der Waals surface area contributed by atoms with E-state index in [0.29, 0.717) is 11.5 Å². The Hall–Kier alpha value is -4.25. The molecule has 0 aliphatic carbocycles. The molecule has 0 saturated carbocycles. The molecule has 4 aromatic rings. The number of carboxylic acid groups (broad SMARTS) is 1. The van der Waals surface area contributed by atoms with E-state index in [1.54, 1.807) is 31.4 Å². The summed E-state index contributed by atoms with van der Waals surface area (Å²) < 4.78 is 11.6. The Labute approximate surface area is 185 Å². The van der Waals surface area contributed by atoms with E-state index in [0.717, 1.165) is 33.2 Å². The fourth-order valence-electron chi connectivity index (χ4n) is 3.46. The smallest absolute Gasteiger partial charge is 0.307 e. The first-order valence-electron chi connectivity index (χ1n) is 10.1. The first-order valence-corrected chi connectivity index (χ1v) is 10.1. The van der Waals surface area contributed by atoms with Crippen LogP contribution >= 0.6 is 0 Å². The number of fused-ring (bicyclic) bond motifs is 1. The van der Waals surface area contributed by atoms with Crippen molar-refractivity contribution in [2.75, 3.05) is 7.11 Å². The van der Waals surface area contributed by atoms with Gasteiger partial charge in [-0.2, -0.15) is 0 Å². The van der Waals surface area contributed by atoms with E-state index in [-0.39, 0.29) is 12.2 Å². The molecule has 5 heteroatoms. The average Bonchev–Trinajstić information content (AvgIpc) is 2.80. The number of aromatic hydroxyl groups is 1. The second-order valence-electron chi connectivity index (χ2n) is 7.25. The van der Waals surface area contributed by atoms with Gasteiger partial charge in [-0.25, -0.2) is 0 Å². The van der Waals surface area contributed by atoms with Crippen molar-refractivity contribution < 1.29 is 24.5 Å². The number of phenols is 1. The number of aliphatic carboxylic acids is 1. The van der Waals surface area contributed by atoms with Gasteiger partial charge in [-0.15, -0.1) is 0 Å². The molecule has 0 aliphatic rings. The summed E-state index contributed by atoms with van der Waals surface area (Å²) in [5, 5.41) is 20.4. The van der Waals surface area contributed by atoms with Gasteiger partial charge >= 0.3 is 5.97 Å². The van der Waals surface area contributed by atoms with Gasteiger partial charge in [0.2, 0.25) is 0 Å². The van der Waals surface area contributed by atoms with Crippen LogP contribution in [0.5, 0.6) is 23.0 Å². The van der Waals surface area contributed by atoms with Crippen LogP contribution in [0.2, 0.25) is 0 Å². The van der Waals surface area contributed by atoms with E-state index in [1.807, 2.05) is 66.7 Å². The third kappa shape index (κ3) is 4.73. The molecule has 0 heterocycles. The van der Waals surface area contributed by atoms with Crippen LogP contribution in [-0.4, -0.2) is 23.3 Å². The van der Waals surface area contributed by atoms with Crippen molar-refractivity contribution in [2.24, 2.45) is 0 Å². The topological polar surface area (TPSA) is 76.0 Å². The quantitative estimate of drug-likeness (QED) is 0.353. The normalized spacial score (nSPS) is 11.0. The van der Waals surface area contributed by atoms with Crippen LogP contribution in [0.15, 0.2) is 84.9 Å². The van der Waals surface area contributed by atoms with Crippen LogP contribution in [-0.2, 0) is 4.79 Å². The number of carboxylic acids is 1. The van der Waals surface area contributed by atoms with Crippen molar-refractivity contribution in [1.29, 1.82) is 0 Å². The number of hydrogen-bond acceptors (Lipinski definition) is 4. The first kappa shape index (κ1) is 21.0. The molecule has 0 spiro atoms. The maximum atomic E-state index is 10.7.